The lowest BCUT2D eigenvalue weighted by molar-refractivity contribution is 0.0938. The van der Waals surface area contributed by atoms with Crippen molar-refractivity contribution in [2.45, 2.75) is 31.7 Å². The molecular formula is C14H15N3OS. The standard InChI is InChI=1S/C14H15N3OS/c18-14(17-10-4-1-2-5-10)11-6-3-7-16-13(11)12-8-15-9-19-12/h3,6-10H,1-2,4-5H2,(H,17,18). The van der Waals surface area contributed by atoms with Crippen LogP contribution in [0.5, 0.6) is 0 Å². The number of amides is 1. The van der Waals surface area contributed by atoms with Gasteiger partial charge in [-0.25, -0.2) is 0 Å². The zero-order valence-electron chi connectivity index (χ0n) is 10.5. The Kier molecular flexibility index (Phi) is 3.55. The molecule has 1 fully saturated rings. The van der Waals surface area contributed by atoms with Gasteiger partial charge in [0.05, 0.1) is 21.6 Å². The van der Waals surface area contributed by atoms with E-state index in [-0.39, 0.29) is 5.91 Å². The SMILES string of the molecule is O=C(NC1CCCC1)c1cccnc1-c1cncs1. The van der Waals surface area contributed by atoms with Gasteiger partial charge >= 0.3 is 0 Å². The lowest BCUT2D eigenvalue weighted by atomic mass is 10.1. The highest BCUT2D eigenvalue weighted by atomic mass is 32.1. The van der Waals surface area contributed by atoms with E-state index >= 15 is 0 Å². The van der Waals surface area contributed by atoms with Gasteiger partial charge in [-0.1, -0.05) is 12.8 Å². The summed E-state index contributed by atoms with van der Waals surface area (Å²) < 4.78 is 0. The molecule has 1 amide bonds. The van der Waals surface area contributed by atoms with E-state index in [1.165, 1.54) is 24.2 Å². The molecule has 1 aliphatic carbocycles. The second kappa shape index (κ2) is 5.48. The Hall–Kier alpha value is -1.75. The maximum atomic E-state index is 12.3. The van der Waals surface area contributed by atoms with Crippen LogP contribution >= 0.6 is 11.3 Å². The summed E-state index contributed by atoms with van der Waals surface area (Å²) in [5.41, 5.74) is 3.11. The highest BCUT2D eigenvalue weighted by Crippen LogP contribution is 2.25. The van der Waals surface area contributed by atoms with Crippen LogP contribution in [0.1, 0.15) is 36.0 Å². The first-order valence-electron chi connectivity index (χ1n) is 6.49. The molecule has 0 bridgehead atoms. The molecular weight excluding hydrogens is 258 g/mol. The fourth-order valence-electron chi connectivity index (χ4n) is 2.45. The molecule has 2 aromatic rings. The summed E-state index contributed by atoms with van der Waals surface area (Å²) in [4.78, 5) is 21.7. The van der Waals surface area contributed by atoms with Gasteiger partial charge in [-0.05, 0) is 25.0 Å². The Balaban J connectivity index is 1.85. The number of carbonyl (C=O) groups excluding carboxylic acids is 1. The lowest BCUT2D eigenvalue weighted by Gasteiger charge is -2.13. The Morgan fingerprint density at radius 3 is 2.95 bits per heavy atom. The minimum atomic E-state index is -0.0246. The Labute approximate surface area is 115 Å². The van der Waals surface area contributed by atoms with Crippen LogP contribution < -0.4 is 5.32 Å². The van der Waals surface area contributed by atoms with Crippen LogP contribution in [0.25, 0.3) is 10.6 Å². The van der Waals surface area contributed by atoms with Gasteiger partial charge in [0.2, 0.25) is 0 Å². The number of nitrogens with one attached hydrogen (secondary N) is 1. The third-order valence-corrected chi connectivity index (χ3v) is 4.19. The quantitative estimate of drug-likeness (QED) is 0.935. The molecule has 0 saturated heterocycles. The van der Waals surface area contributed by atoms with Crippen molar-refractivity contribution in [3.63, 3.8) is 0 Å². The van der Waals surface area contributed by atoms with E-state index < -0.39 is 0 Å². The zero-order valence-corrected chi connectivity index (χ0v) is 11.3. The van der Waals surface area contributed by atoms with Crippen molar-refractivity contribution in [1.82, 2.24) is 15.3 Å². The van der Waals surface area contributed by atoms with Gasteiger partial charge in [-0.15, -0.1) is 11.3 Å². The van der Waals surface area contributed by atoms with Crippen LogP contribution in [0.3, 0.4) is 0 Å². The van der Waals surface area contributed by atoms with Crippen molar-refractivity contribution in [3.05, 3.63) is 35.6 Å². The highest BCUT2D eigenvalue weighted by molar-refractivity contribution is 7.13. The molecule has 19 heavy (non-hydrogen) atoms. The fourth-order valence-corrected chi connectivity index (χ4v) is 3.08. The van der Waals surface area contributed by atoms with Crippen LogP contribution in [0, 0.1) is 0 Å². The van der Waals surface area contributed by atoms with Gasteiger partial charge in [0, 0.05) is 18.4 Å². The van der Waals surface area contributed by atoms with E-state index in [0.29, 0.717) is 11.6 Å². The molecule has 4 nitrogen and oxygen atoms in total. The molecule has 0 spiro atoms. The number of hydrogen-bond acceptors (Lipinski definition) is 4. The molecule has 0 radical (unpaired) electrons. The first kappa shape index (κ1) is 12.3. The second-order valence-electron chi connectivity index (χ2n) is 4.72. The van der Waals surface area contributed by atoms with E-state index in [9.17, 15) is 4.79 Å². The highest BCUT2D eigenvalue weighted by Gasteiger charge is 2.20. The lowest BCUT2D eigenvalue weighted by Crippen LogP contribution is -2.33. The number of hydrogen-bond donors (Lipinski definition) is 1. The van der Waals surface area contributed by atoms with Crippen LogP contribution in [-0.2, 0) is 0 Å². The molecule has 0 aromatic carbocycles. The van der Waals surface area contributed by atoms with Gasteiger partial charge in [0.15, 0.2) is 0 Å². The minimum Gasteiger partial charge on any atom is -0.349 e. The first-order valence-corrected chi connectivity index (χ1v) is 7.37. The number of thiazole rings is 1. The maximum absolute atomic E-state index is 12.3. The maximum Gasteiger partial charge on any atom is 0.253 e. The van der Waals surface area contributed by atoms with Gasteiger partial charge < -0.3 is 5.32 Å². The summed E-state index contributed by atoms with van der Waals surface area (Å²) in [6.07, 6.45) is 8.05. The predicted molar refractivity (Wildman–Crippen MR) is 75.1 cm³/mol. The molecule has 5 heteroatoms. The molecule has 1 saturated carbocycles. The average Bonchev–Trinajstić information content (AvgIpc) is 3.11. The third kappa shape index (κ3) is 2.66. The smallest absolute Gasteiger partial charge is 0.253 e. The first-order chi connectivity index (χ1) is 9.34. The number of rotatable bonds is 3. The van der Waals surface area contributed by atoms with Crippen molar-refractivity contribution in [1.29, 1.82) is 0 Å². The van der Waals surface area contributed by atoms with Crippen molar-refractivity contribution in [3.8, 4) is 10.6 Å². The summed E-state index contributed by atoms with van der Waals surface area (Å²) in [6, 6.07) is 3.95. The molecule has 1 N–H and O–H groups in total. The number of aromatic nitrogens is 2. The largest absolute Gasteiger partial charge is 0.349 e. The Morgan fingerprint density at radius 1 is 1.37 bits per heavy atom. The van der Waals surface area contributed by atoms with Crippen LogP contribution in [0.15, 0.2) is 30.0 Å². The molecule has 98 valence electrons. The topological polar surface area (TPSA) is 54.9 Å². The van der Waals surface area contributed by atoms with Gasteiger partial charge in [0.25, 0.3) is 5.91 Å². The van der Waals surface area contributed by atoms with E-state index in [2.05, 4.69) is 15.3 Å². The Morgan fingerprint density at radius 2 is 2.21 bits per heavy atom. The van der Waals surface area contributed by atoms with Crippen molar-refractivity contribution >= 4 is 17.2 Å². The third-order valence-electron chi connectivity index (χ3n) is 3.41. The van der Waals surface area contributed by atoms with Crippen molar-refractivity contribution < 1.29 is 4.79 Å². The molecule has 0 aliphatic heterocycles. The van der Waals surface area contributed by atoms with Gasteiger partial charge in [0.1, 0.15) is 0 Å². The second-order valence-corrected chi connectivity index (χ2v) is 5.61. The monoisotopic (exact) mass is 273 g/mol. The molecule has 2 aromatic heterocycles. The van der Waals surface area contributed by atoms with Crippen LogP contribution in [0.2, 0.25) is 0 Å². The molecule has 0 atom stereocenters. The molecule has 0 unspecified atom stereocenters. The van der Waals surface area contributed by atoms with Crippen LogP contribution in [-0.4, -0.2) is 21.9 Å². The van der Waals surface area contributed by atoms with Crippen LogP contribution in [0.4, 0.5) is 0 Å². The van der Waals surface area contributed by atoms with E-state index in [0.717, 1.165) is 23.4 Å². The summed E-state index contributed by atoms with van der Waals surface area (Å²) >= 11 is 1.50. The summed E-state index contributed by atoms with van der Waals surface area (Å²) in [6.45, 7) is 0. The number of nitrogens with zero attached hydrogens (tertiary/aromatic N) is 2. The zero-order chi connectivity index (χ0) is 13.1. The average molecular weight is 273 g/mol. The summed E-state index contributed by atoms with van der Waals surface area (Å²) in [7, 11) is 0. The molecule has 3 rings (SSSR count). The van der Waals surface area contributed by atoms with Gasteiger partial charge in [-0.3, -0.25) is 14.8 Å². The minimum absolute atomic E-state index is 0.0246. The van der Waals surface area contributed by atoms with E-state index in [4.69, 9.17) is 0 Å². The summed E-state index contributed by atoms with van der Waals surface area (Å²) in [5.74, 6) is -0.0246. The van der Waals surface area contributed by atoms with Crippen molar-refractivity contribution in [2.75, 3.05) is 0 Å². The molecule has 2 heterocycles. The van der Waals surface area contributed by atoms with Gasteiger partial charge in [-0.2, -0.15) is 0 Å². The predicted octanol–water partition coefficient (Wildman–Crippen LogP) is 2.88. The van der Waals surface area contributed by atoms with E-state index in [1.807, 2.05) is 6.07 Å². The number of pyridine rings is 1. The summed E-state index contributed by atoms with van der Waals surface area (Å²) in [5, 5.41) is 3.10. The fraction of sp³-hybridized carbons (Fsp3) is 0.357. The molecule has 1 aliphatic rings. The Bertz CT molecular complexity index is 562. The van der Waals surface area contributed by atoms with Crippen molar-refractivity contribution in [2.24, 2.45) is 0 Å². The number of carbonyl (C=O) groups is 1. The normalized spacial score (nSPS) is 15.6. The van der Waals surface area contributed by atoms with E-state index in [1.54, 1.807) is 24.0 Å².